The largest absolute Gasteiger partial charge is 0.624 e. The number of halogens is 2. The number of aliphatic hydroxyl groups excluding tert-OH is 1. The van der Waals surface area contributed by atoms with Gasteiger partial charge in [0, 0.05) is 17.5 Å². The number of rotatable bonds is 6. The van der Waals surface area contributed by atoms with E-state index in [1.165, 1.54) is 7.05 Å². The number of ether oxygens (including phenoxy) is 1. The summed E-state index contributed by atoms with van der Waals surface area (Å²) in [5.74, 6) is 0.374. The molecule has 128 valence electrons. The lowest BCUT2D eigenvalue weighted by Gasteiger charge is -2.18. The summed E-state index contributed by atoms with van der Waals surface area (Å²) < 4.78 is 6.54. The van der Waals surface area contributed by atoms with Crippen LogP contribution in [-0.2, 0) is 6.61 Å². The highest BCUT2D eigenvalue weighted by Gasteiger charge is 2.20. The van der Waals surface area contributed by atoms with Gasteiger partial charge in [-0.25, -0.2) is 4.74 Å². The smallest absolute Gasteiger partial charge is 0.163 e. The first kappa shape index (κ1) is 18.6. The van der Waals surface area contributed by atoms with Crippen LogP contribution in [0.5, 0.6) is 5.75 Å². The lowest BCUT2D eigenvalue weighted by Crippen LogP contribution is -2.13. The molecule has 24 heavy (non-hydrogen) atoms. The first-order valence-electron chi connectivity index (χ1n) is 7.45. The van der Waals surface area contributed by atoms with E-state index >= 15 is 0 Å². The highest BCUT2D eigenvalue weighted by molar-refractivity contribution is 6.35. The van der Waals surface area contributed by atoms with Crippen LogP contribution >= 0.6 is 23.2 Å². The standard InChI is InChI=1S/C18H19Cl2NO3/c1-12(21(2)23)8-17(22)15-9-14(19)10-16(20)18(15)24-11-13-6-4-3-5-7-13/h3-7,9-10,17,22H,8,11H2,1-2H3/b21-12+/t17-/m1/s1. The molecule has 0 saturated carbocycles. The van der Waals surface area contributed by atoms with Gasteiger partial charge in [0.2, 0.25) is 0 Å². The van der Waals surface area contributed by atoms with Crippen molar-refractivity contribution >= 4 is 28.9 Å². The minimum absolute atomic E-state index is 0.165. The predicted molar refractivity (Wildman–Crippen MR) is 97.0 cm³/mol. The van der Waals surface area contributed by atoms with Gasteiger partial charge in [0.1, 0.15) is 19.4 Å². The minimum Gasteiger partial charge on any atom is -0.624 e. The van der Waals surface area contributed by atoms with Crippen molar-refractivity contribution in [3.8, 4) is 5.75 Å². The Labute approximate surface area is 151 Å². The molecule has 0 aliphatic rings. The van der Waals surface area contributed by atoms with E-state index in [0.29, 0.717) is 33.7 Å². The topological polar surface area (TPSA) is 55.5 Å². The lowest BCUT2D eigenvalue weighted by atomic mass is 10.0. The summed E-state index contributed by atoms with van der Waals surface area (Å²) in [6.07, 6.45) is -0.776. The summed E-state index contributed by atoms with van der Waals surface area (Å²) in [6.45, 7) is 1.97. The third kappa shape index (κ3) is 4.87. The highest BCUT2D eigenvalue weighted by atomic mass is 35.5. The fourth-order valence-electron chi connectivity index (χ4n) is 2.23. The molecule has 0 aliphatic heterocycles. The molecular weight excluding hydrogens is 349 g/mol. The Morgan fingerprint density at radius 2 is 1.92 bits per heavy atom. The Morgan fingerprint density at radius 1 is 1.25 bits per heavy atom. The molecule has 1 N–H and O–H groups in total. The van der Waals surface area contributed by atoms with Crippen LogP contribution in [0, 0.1) is 5.21 Å². The van der Waals surface area contributed by atoms with Crippen LogP contribution in [-0.4, -0.2) is 22.6 Å². The van der Waals surface area contributed by atoms with Gasteiger partial charge in [0.25, 0.3) is 0 Å². The van der Waals surface area contributed by atoms with Crippen LogP contribution in [0.1, 0.15) is 30.6 Å². The summed E-state index contributed by atoms with van der Waals surface area (Å²) >= 11 is 12.3. The molecule has 2 aromatic rings. The van der Waals surface area contributed by atoms with Crippen LogP contribution in [0.15, 0.2) is 42.5 Å². The van der Waals surface area contributed by atoms with E-state index in [-0.39, 0.29) is 6.42 Å². The number of hydroxylamine groups is 1. The maximum atomic E-state index is 11.3. The molecule has 0 saturated heterocycles. The molecule has 0 heterocycles. The number of hydrogen-bond donors (Lipinski definition) is 1. The Hall–Kier alpha value is -1.75. The van der Waals surface area contributed by atoms with Gasteiger partial charge >= 0.3 is 0 Å². The summed E-state index contributed by atoms with van der Waals surface area (Å²) in [5.41, 5.74) is 1.93. The van der Waals surface area contributed by atoms with Crippen molar-refractivity contribution in [1.82, 2.24) is 0 Å². The van der Waals surface area contributed by atoms with Crippen molar-refractivity contribution in [2.45, 2.75) is 26.1 Å². The quantitative estimate of drug-likeness (QED) is 0.351. The van der Waals surface area contributed by atoms with Gasteiger partial charge in [-0.15, -0.1) is 0 Å². The second kappa shape index (κ2) is 8.38. The average molecular weight is 368 g/mol. The Kier molecular flexibility index (Phi) is 6.49. The molecule has 0 aliphatic carbocycles. The van der Waals surface area contributed by atoms with Crippen LogP contribution < -0.4 is 4.74 Å². The second-order valence-electron chi connectivity index (χ2n) is 5.53. The number of benzene rings is 2. The molecule has 0 radical (unpaired) electrons. The average Bonchev–Trinajstić information content (AvgIpc) is 2.54. The molecule has 0 amide bonds. The fraction of sp³-hybridized carbons (Fsp3) is 0.278. The minimum atomic E-state index is -0.941. The zero-order valence-corrected chi connectivity index (χ0v) is 15.0. The second-order valence-corrected chi connectivity index (χ2v) is 6.38. The van der Waals surface area contributed by atoms with E-state index in [9.17, 15) is 10.3 Å². The van der Waals surface area contributed by atoms with E-state index in [4.69, 9.17) is 27.9 Å². The molecule has 0 fully saturated rings. The molecule has 0 bridgehead atoms. The molecule has 0 aromatic heterocycles. The zero-order chi connectivity index (χ0) is 17.7. The third-order valence-electron chi connectivity index (χ3n) is 3.65. The first-order valence-corrected chi connectivity index (χ1v) is 8.21. The molecule has 4 nitrogen and oxygen atoms in total. The molecule has 2 rings (SSSR count). The van der Waals surface area contributed by atoms with Crippen LogP contribution in [0.25, 0.3) is 0 Å². The Balaban J connectivity index is 2.28. The van der Waals surface area contributed by atoms with Gasteiger partial charge in [-0.1, -0.05) is 53.5 Å². The first-order chi connectivity index (χ1) is 11.4. The van der Waals surface area contributed by atoms with Gasteiger partial charge in [-0.3, -0.25) is 0 Å². The van der Waals surface area contributed by atoms with Gasteiger partial charge in [-0.05, 0) is 17.7 Å². The van der Waals surface area contributed by atoms with Crippen molar-refractivity contribution in [1.29, 1.82) is 0 Å². The van der Waals surface area contributed by atoms with Crippen LogP contribution in [0.3, 0.4) is 0 Å². The van der Waals surface area contributed by atoms with Crippen LogP contribution in [0.4, 0.5) is 0 Å². The number of aliphatic hydroxyl groups is 1. The lowest BCUT2D eigenvalue weighted by molar-refractivity contribution is -0.425. The molecular formula is C18H19Cl2NO3. The van der Waals surface area contributed by atoms with E-state index in [1.807, 2.05) is 30.3 Å². The zero-order valence-electron chi connectivity index (χ0n) is 13.5. The Morgan fingerprint density at radius 3 is 2.54 bits per heavy atom. The highest BCUT2D eigenvalue weighted by Crippen LogP contribution is 2.37. The number of hydrogen-bond acceptors (Lipinski definition) is 3. The Bertz CT molecular complexity index is 729. The van der Waals surface area contributed by atoms with E-state index in [0.717, 1.165) is 10.3 Å². The maximum absolute atomic E-state index is 11.3. The predicted octanol–water partition coefficient (Wildman–Crippen LogP) is 4.60. The summed E-state index contributed by atoms with van der Waals surface area (Å²) in [7, 11) is 1.39. The van der Waals surface area contributed by atoms with Crippen molar-refractivity contribution in [2.24, 2.45) is 0 Å². The fourth-order valence-corrected chi connectivity index (χ4v) is 2.79. The van der Waals surface area contributed by atoms with Crippen LogP contribution in [0.2, 0.25) is 10.0 Å². The van der Waals surface area contributed by atoms with Gasteiger partial charge in [0.15, 0.2) is 5.71 Å². The third-order valence-corrected chi connectivity index (χ3v) is 4.15. The summed E-state index contributed by atoms with van der Waals surface area (Å²) in [6, 6.07) is 12.8. The van der Waals surface area contributed by atoms with Gasteiger partial charge in [-0.2, -0.15) is 0 Å². The monoisotopic (exact) mass is 367 g/mol. The molecule has 0 unspecified atom stereocenters. The van der Waals surface area contributed by atoms with E-state index in [2.05, 4.69) is 0 Å². The van der Waals surface area contributed by atoms with E-state index in [1.54, 1.807) is 19.1 Å². The van der Waals surface area contributed by atoms with Gasteiger partial charge < -0.3 is 15.1 Å². The van der Waals surface area contributed by atoms with Crippen molar-refractivity contribution in [2.75, 3.05) is 7.05 Å². The van der Waals surface area contributed by atoms with E-state index < -0.39 is 6.10 Å². The van der Waals surface area contributed by atoms with Crippen molar-refractivity contribution in [3.63, 3.8) is 0 Å². The van der Waals surface area contributed by atoms with Crippen molar-refractivity contribution in [3.05, 3.63) is 68.8 Å². The summed E-state index contributed by atoms with van der Waals surface area (Å²) in [4.78, 5) is 0. The molecule has 1 atom stereocenters. The summed E-state index contributed by atoms with van der Waals surface area (Å²) in [5, 5.41) is 22.5. The molecule has 0 spiro atoms. The molecule has 6 heteroatoms. The SMILES string of the molecule is C/C(C[C@@H](O)c1cc(Cl)cc(Cl)c1OCc1ccccc1)=[N+](/C)[O-]. The number of nitrogens with zero attached hydrogens (tertiary/aromatic N) is 1. The molecule has 2 aromatic carbocycles. The maximum Gasteiger partial charge on any atom is 0.163 e. The normalized spacial score (nSPS) is 13.4. The van der Waals surface area contributed by atoms with Gasteiger partial charge in [0.05, 0.1) is 17.5 Å². The van der Waals surface area contributed by atoms with Crippen molar-refractivity contribution < 1.29 is 14.6 Å².